The van der Waals surface area contributed by atoms with Gasteiger partial charge in [-0.1, -0.05) is 65.0 Å². The smallest absolute Gasteiger partial charge is 0.277 e. The van der Waals surface area contributed by atoms with E-state index >= 15 is 0 Å². The highest BCUT2D eigenvalue weighted by Gasteiger charge is 2.27. The monoisotopic (exact) mass is 405 g/mol. The molecule has 2 aromatic carbocycles. The summed E-state index contributed by atoms with van der Waals surface area (Å²) in [6.45, 7) is 11.2. The Morgan fingerprint density at radius 1 is 1.07 bits per heavy atom. The van der Waals surface area contributed by atoms with Crippen LogP contribution in [0.25, 0.3) is 10.9 Å². The fourth-order valence-electron chi connectivity index (χ4n) is 3.99. The van der Waals surface area contributed by atoms with Gasteiger partial charge in [0.05, 0.1) is 6.21 Å². The number of carbonyl (C=O) groups is 1. The Balaban J connectivity index is 1.51. The Morgan fingerprint density at radius 2 is 1.77 bits per heavy atom. The van der Waals surface area contributed by atoms with E-state index < -0.39 is 0 Å². The van der Waals surface area contributed by atoms with E-state index in [1.165, 1.54) is 5.56 Å². The van der Waals surface area contributed by atoms with Gasteiger partial charge in [-0.25, -0.2) is 5.43 Å². The van der Waals surface area contributed by atoms with Crippen LogP contribution in [0, 0.1) is 5.41 Å². The Morgan fingerprint density at radius 3 is 2.47 bits per heavy atom. The predicted octanol–water partition coefficient (Wildman–Crippen LogP) is 5.41. The molecule has 0 unspecified atom stereocenters. The summed E-state index contributed by atoms with van der Waals surface area (Å²) in [5.74, 6) is 0.365. The number of para-hydroxylation sites is 1. The second-order valence-corrected chi connectivity index (χ2v) is 9.52. The van der Waals surface area contributed by atoms with Crippen LogP contribution < -0.4 is 10.2 Å². The zero-order valence-electron chi connectivity index (χ0n) is 18.5. The minimum atomic E-state index is -0.303. The van der Waals surface area contributed by atoms with Crippen molar-refractivity contribution in [1.29, 1.82) is 0 Å². The molecular formula is C25H31N3O2. The summed E-state index contributed by atoms with van der Waals surface area (Å²) in [5, 5.41) is 5.09. The Kier molecular flexibility index (Phi) is 6.30. The highest BCUT2D eigenvalue weighted by molar-refractivity contribution is 5.99. The van der Waals surface area contributed by atoms with E-state index in [4.69, 9.17) is 4.74 Å². The number of rotatable bonds is 7. The Labute approximate surface area is 178 Å². The lowest BCUT2D eigenvalue weighted by molar-refractivity contribution is -0.123. The van der Waals surface area contributed by atoms with Gasteiger partial charge in [-0.15, -0.1) is 0 Å². The van der Waals surface area contributed by atoms with E-state index in [9.17, 15) is 4.79 Å². The topological polar surface area (TPSA) is 66.5 Å². The van der Waals surface area contributed by atoms with Gasteiger partial charge in [0.15, 0.2) is 6.61 Å². The third kappa shape index (κ3) is 5.72. The van der Waals surface area contributed by atoms with Gasteiger partial charge in [-0.3, -0.25) is 4.79 Å². The molecule has 0 saturated carbocycles. The fraction of sp³-hybridized carbons (Fsp3) is 0.360. The summed E-state index contributed by atoms with van der Waals surface area (Å²) >= 11 is 0. The molecule has 5 nitrogen and oxygen atoms in total. The van der Waals surface area contributed by atoms with E-state index in [2.05, 4.69) is 62.3 Å². The number of carbonyl (C=O) groups excluding carboxylic acids is 1. The van der Waals surface area contributed by atoms with Crippen LogP contribution in [-0.4, -0.2) is 23.7 Å². The van der Waals surface area contributed by atoms with E-state index in [-0.39, 0.29) is 23.3 Å². The summed E-state index contributed by atoms with van der Waals surface area (Å²) in [7, 11) is 0. The van der Waals surface area contributed by atoms with Crippen LogP contribution in [0.2, 0.25) is 0 Å². The van der Waals surface area contributed by atoms with Crippen LogP contribution in [-0.2, 0) is 10.2 Å². The summed E-state index contributed by atoms with van der Waals surface area (Å²) in [6.07, 6.45) is 4.57. The number of nitrogens with one attached hydrogen (secondary N) is 2. The first-order valence-corrected chi connectivity index (χ1v) is 10.3. The van der Waals surface area contributed by atoms with Crippen LogP contribution in [0.15, 0.2) is 59.8 Å². The number of aromatic nitrogens is 1. The number of nitrogens with zero attached hydrogens (tertiary/aromatic N) is 1. The molecule has 1 heterocycles. The van der Waals surface area contributed by atoms with Crippen molar-refractivity contribution in [1.82, 2.24) is 10.4 Å². The minimum Gasteiger partial charge on any atom is -0.484 e. The number of hydrogen-bond acceptors (Lipinski definition) is 3. The molecule has 3 aromatic rings. The SMILES string of the molecule is CC(C)(C)CC(C)(C)c1ccc(OCC(=O)N/N=C/c2c[nH]c3ccccc23)cc1. The molecule has 0 spiro atoms. The van der Waals surface area contributed by atoms with Crippen molar-refractivity contribution in [3.05, 3.63) is 65.9 Å². The van der Waals surface area contributed by atoms with Crippen molar-refractivity contribution in [2.24, 2.45) is 10.5 Å². The molecule has 0 aliphatic carbocycles. The van der Waals surface area contributed by atoms with Gasteiger partial charge in [-0.05, 0) is 41.0 Å². The molecule has 30 heavy (non-hydrogen) atoms. The zero-order chi connectivity index (χ0) is 21.8. The standard InChI is InChI=1S/C25H31N3O2/c1-24(2,3)17-25(4,5)19-10-12-20(13-11-19)30-16-23(29)28-27-15-18-14-26-22-9-7-6-8-21(18)22/h6-15,26H,16-17H2,1-5H3,(H,28,29)/b27-15+. The molecule has 0 aliphatic rings. The maximum Gasteiger partial charge on any atom is 0.277 e. The lowest BCUT2D eigenvalue weighted by Crippen LogP contribution is -2.25. The summed E-state index contributed by atoms with van der Waals surface area (Å²) in [6, 6.07) is 15.9. The largest absolute Gasteiger partial charge is 0.484 e. The number of benzene rings is 2. The lowest BCUT2D eigenvalue weighted by atomic mass is 9.72. The van der Waals surface area contributed by atoms with Crippen LogP contribution in [0.1, 0.15) is 52.2 Å². The van der Waals surface area contributed by atoms with Gasteiger partial charge in [0, 0.05) is 22.7 Å². The Bertz CT molecular complexity index is 1020. The minimum absolute atomic E-state index is 0.0747. The molecule has 1 aromatic heterocycles. The zero-order valence-corrected chi connectivity index (χ0v) is 18.5. The van der Waals surface area contributed by atoms with E-state index in [0.717, 1.165) is 22.9 Å². The second kappa shape index (κ2) is 8.74. The maximum absolute atomic E-state index is 12.0. The molecule has 0 bridgehead atoms. The molecule has 0 radical (unpaired) electrons. The summed E-state index contributed by atoms with van der Waals surface area (Å²) in [5.41, 5.74) is 6.05. The molecule has 0 fully saturated rings. The van der Waals surface area contributed by atoms with Crippen LogP contribution in [0.3, 0.4) is 0 Å². The van der Waals surface area contributed by atoms with Crippen LogP contribution in [0.5, 0.6) is 5.75 Å². The molecule has 158 valence electrons. The summed E-state index contributed by atoms with van der Waals surface area (Å²) in [4.78, 5) is 15.2. The number of fused-ring (bicyclic) bond motifs is 1. The summed E-state index contributed by atoms with van der Waals surface area (Å²) < 4.78 is 5.60. The molecule has 0 saturated heterocycles. The molecule has 5 heteroatoms. The van der Waals surface area contributed by atoms with Crippen LogP contribution >= 0.6 is 0 Å². The lowest BCUT2D eigenvalue weighted by Gasteiger charge is -2.33. The maximum atomic E-state index is 12.0. The molecule has 1 amide bonds. The predicted molar refractivity (Wildman–Crippen MR) is 123 cm³/mol. The molecule has 0 aliphatic heterocycles. The van der Waals surface area contributed by atoms with Crippen molar-refractivity contribution in [2.75, 3.05) is 6.61 Å². The average Bonchev–Trinajstić information content (AvgIpc) is 3.08. The van der Waals surface area contributed by atoms with Crippen molar-refractivity contribution >= 4 is 23.0 Å². The van der Waals surface area contributed by atoms with Crippen molar-refractivity contribution in [3.63, 3.8) is 0 Å². The Hall–Kier alpha value is -3.08. The van der Waals surface area contributed by atoms with Gasteiger partial charge < -0.3 is 9.72 Å². The normalized spacial score (nSPS) is 12.4. The molecule has 0 atom stereocenters. The number of amides is 1. The first-order chi connectivity index (χ1) is 14.1. The van der Waals surface area contributed by atoms with Crippen LogP contribution in [0.4, 0.5) is 0 Å². The molecule has 3 rings (SSSR count). The number of ether oxygens (including phenoxy) is 1. The van der Waals surface area contributed by atoms with Crippen molar-refractivity contribution < 1.29 is 9.53 Å². The first-order valence-electron chi connectivity index (χ1n) is 10.3. The van der Waals surface area contributed by atoms with Gasteiger partial charge in [0.25, 0.3) is 5.91 Å². The number of hydrazone groups is 1. The van der Waals surface area contributed by atoms with Gasteiger partial charge in [0.2, 0.25) is 0 Å². The number of hydrogen-bond donors (Lipinski definition) is 2. The number of H-pyrrole nitrogens is 1. The first kappa shape index (κ1) is 21.6. The van der Waals surface area contributed by atoms with Gasteiger partial charge >= 0.3 is 0 Å². The van der Waals surface area contributed by atoms with E-state index in [1.807, 2.05) is 42.6 Å². The highest BCUT2D eigenvalue weighted by Crippen LogP contribution is 2.36. The third-order valence-corrected chi connectivity index (χ3v) is 4.99. The molecular weight excluding hydrogens is 374 g/mol. The van der Waals surface area contributed by atoms with E-state index in [1.54, 1.807) is 6.21 Å². The number of aromatic amines is 1. The van der Waals surface area contributed by atoms with E-state index in [0.29, 0.717) is 5.75 Å². The second-order valence-electron chi connectivity index (χ2n) is 9.52. The third-order valence-electron chi connectivity index (χ3n) is 4.99. The quantitative estimate of drug-likeness (QED) is 0.408. The highest BCUT2D eigenvalue weighted by atomic mass is 16.5. The van der Waals surface area contributed by atoms with Gasteiger partial charge in [-0.2, -0.15) is 5.10 Å². The van der Waals surface area contributed by atoms with Crippen molar-refractivity contribution in [3.8, 4) is 5.75 Å². The van der Waals surface area contributed by atoms with Crippen molar-refractivity contribution in [2.45, 2.75) is 46.5 Å². The average molecular weight is 406 g/mol. The molecule has 2 N–H and O–H groups in total. The van der Waals surface area contributed by atoms with Gasteiger partial charge in [0.1, 0.15) is 5.75 Å². The fourth-order valence-corrected chi connectivity index (χ4v) is 3.99.